The van der Waals surface area contributed by atoms with Gasteiger partial charge in [0.1, 0.15) is 0 Å². The molecule has 0 fully saturated rings. The molecule has 0 heterocycles. The third-order valence-corrected chi connectivity index (χ3v) is 6.82. The molecule has 0 amide bonds. The number of benzene rings is 2. The molecule has 5 atom stereocenters. The minimum Gasteiger partial charge on any atom is -0.478 e. The Morgan fingerprint density at radius 1 is 1.04 bits per heavy atom. The van der Waals surface area contributed by atoms with E-state index in [0.717, 1.165) is 6.42 Å². The summed E-state index contributed by atoms with van der Waals surface area (Å²) in [4.78, 5) is 11.2. The summed E-state index contributed by atoms with van der Waals surface area (Å²) in [5.41, 5.74) is 6.04. The fraction of sp³-hybridized carbons (Fsp3) is 0.458. The van der Waals surface area contributed by atoms with E-state index in [9.17, 15) is 9.90 Å². The largest absolute Gasteiger partial charge is 0.478 e. The molecule has 5 unspecified atom stereocenters. The second-order valence-electron chi connectivity index (χ2n) is 8.05. The highest BCUT2D eigenvalue weighted by Gasteiger charge is 2.40. The van der Waals surface area contributed by atoms with Gasteiger partial charge in [0.05, 0.1) is 5.56 Å². The van der Waals surface area contributed by atoms with Crippen LogP contribution >= 0.6 is 0 Å². The molecule has 0 aromatic heterocycles. The van der Waals surface area contributed by atoms with Gasteiger partial charge in [0.25, 0.3) is 0 Å². The monoisotopic (exact) mass is 350 g/mol. The Labute approximate surface area is 157 Å². The number of hydrogen-bond acceptors (Lipinski definition) is 1. The van der Waals surface area contributed by atoms with E-state index in [1.165, 1.54) is 22.3 Å². The van der Waals surface area contributed by atoms with E-state index in [0.29, 0.717) is 35.2 Å². The van der Waals surface area contributed by atoms with E-state index < -0.39 is 5.97 Å². The van der Waals surface area contributed by atoms with Crippen LogP contribution in [0.3, 0.4) is 0 Å². The van der Waals surface area contributed by atoms with Gasteiger partial charge in [-0.3, -0.25) is 0 Å². The van der Waals surface area contributed by atoms with Crippen molar-refractivity contribution >= 4 is 5.97 Å². The molecule has 0 saturated heterocycles. The summed E-state index contributed by atoms with van der Waals surface area (Å²) in [5, 5.41) is 9.19. The first kappa shape index (κ1) is 18.7. The van der Waals surface area contributed by atoms with Crippen molar-refractivity contribution in [3.63, 3.8) is 0 Å². The minimum atomic E-state index is -0.862. The lowest BCUT2D eigenvalue weighted by Gasteiger charge is -2.44. The van der Waals surface area contributed by atoms with E-state index in [-0.39, 0.29) is 0 Å². The van der Waals surface area contributed by atoms with Crippen LogP contribution in [0.2, 0.25) is 0 Å². The lowest BCUT2D eigenvalue weighted by atomic mass is 9.60. The quantitative estimate of drug-likeness (QED) is 0.696. The minimum absolute atomic E-state index is 0.360. The predicted octanol–water partition coefficient (Wildman–Crippen LogP) is 6.36. The summed E-state index contributed by atoms with van der Waals surface area (Å²) in [5.74, 6) is 1.80. The molecule has 2 heteroatoms. The maximum absolute atomic E-state index is 11.2. The molecule has 0 radical (unpaired) electrons. The molecule has 2 aromatic rings. The summed E-state index contributed by atoms with van der Waals surface area (Å²) in [6, 6.07) is 14.3. The highest BCUT2D eigenvalue weighted by molar-refractivity contribution is 5.87. The van der Waals surface area contributed by atoms with Crippen molar-refractivity contribution in [3.05, 3.63) is 70.3 Å². The van der Waals surface area contributed by atoms with Gasteiger partial charge in [-0.2, -0.15) is 0 Å². The number of carbonyl (C=O) groups is 1. The molecule has 2 aromatic carbocycles. The van der Waals surface area contributed by atoms with Crippen LogP contribution in [0.5, 0.6) is 0 Å². The first-order valence-corrected chi connectivity index (χ1v) is 9.79. The average Bonchev–Trinajstić information content (AvgIpc) is 2.63. The fourth-order valence-electron chi connectivity index (χ4n) is 5.10. The second kappa shape index (κ2) is 7.26. The van der Waals surface area contributed by atoms with Gasteiger partial charge in [0.15, 0.2) is 0 Å². The molecule has 1 N–H and O–H groups in total. The number of rotatable bonds is 4. The van der Waals surface area contributed by atoms with Gasteiger partial charge < -0.3 is 5.11 Å². The first-order valence-electron chi connectivity index (χ1n) is 9.79. The Kier molecular flexibility index (Phi) is 5.22. The maximum atomic E-state index is 11.2. The predicted molar refractivity (Wildman–Crippen MR) is 107 cm³/mol. The molecule has 0 saturated carbocycles. The van der Waals surface area contributed by atoms with E-state index >= 15 is 0 Å². The van der Waals surface area contributed by atoms with Crippen molar-refractivity contribution in [2.24, 2.45) is 11.8 Å². The molecular formula is C24H30O2. The number of aromatic carboxylic acids is 1. The topological polar surface area (TPSA) is 37.3 Å². The number of carboxylic acid groups (broad SMARTS) is 1. The number of fused-ring (bicyclic) bond motifs is 1. The molecular weight excluding hydrogens is 320 g/mol. The van der Waals surface area contributed by atoms with Gasteiger partial charge >= 0.3 is 5.97 Å². The van der Waals surface area contributed by atoms with Crippen molar-refractivity contribution in [2.45, 2.75) is 58.8 Å². The lowest BCUT2D eigenvalue weighted by molar-refractivity contribution is 0.0697. The second-order valence-corrected chi connectivity index (χ2v) is 8.05. The molecule has 0 aliphatic heterocycles. The molecule has 1 aliphatic carbocycles. The summed E-state index contributed by atoms with van der Waals surface area (Å²) in [7, 11) is 0. The van der Waals surface area contributed by atoms with Crippen LogP contribution in [0.1, 0.15) is 84.5 Å². The number of hydrogen-bond donors (Lipinski definition) is 1. The van der Waals surface area contributed by atoms with Gasteiger partial charge in [-0.15, -0.1) is 0 Å². The average molecular weight is 351 g/mol. The standard InChI is InChI=1S/C24H30O2/c1-6-20(18-10-12-19(13-11-18)24(25)26)23-17(5)15(3)16(4)22-14(2)8-7-9-21(22)23/h7-13,15-17,20,23H,6H2,1-5H3,(H,25,26). The third kappa shape index (κ3) is 3.06. The molecule has 26 heavy (non-hydrogen) atoms. The van der Waals surface area contributed by atoms with Crippen LogP contribution < -0.4 is 0 Å². The Balaban J connectivity index is 2.09. The van der Waals surface area contributed by atoms with Gasteiger partial charge in [-0.1, -0.05) is 58.0 Å². The molecule has 0 bridgehead atoms. The fourth-order valence-corrected chi connectivity index (χ4v) is 5.10. The Morgan fingerprint density at radius 2 is 1.69 bits per heavy atom. The van der Waals surface area contributed by atoms with E-state index in [1.54, 1.807) is 12.1 Å². The van der Waals surface area contributed by atoms with E-state index in [4.69, 9.17) is 0 Å². The zero-order valence-electron chi connectivity index (χ0n) is 16.5. The van der Waals surface area contributed by atoms with Crippen LogP contribution in [-0.2, 0) is 0 Å². The highest BCUT2D eigenvalue weighted by atomic mass is 16.4. The van der Waals surface area contributed by atoms with Crippen molar-refractivity contribution in [2.75, 3.05) is 0 Å². The van der Waals surface area contributed by atoms with Crippen LogP contribution in [0, 0.1) is 18.8 Å². The summed E-state index contributed by atoms with van der Waals surface area (Å²) >= 11 is 0. The Hall–Kier alpha value is -2.09. The Morgan fingerprint density at radius 3 is 2.27 bits per heavy atom. The summed E-state index contributed by atoms with van der Waals surface area (Å²) < 4.78 is 0. The lowest BCUT2D eigenvalue weighted by Crippen LogP contribution is -2.32. The van der Waals surface area contributed by atoms with Gasteiger partial charge in [-0.05, 0) is 77.3 Å². The highest BCUT2D eigenvalue weighted by Crippen LogP contribution is 2.53. The molecule has 138 valence electrons. The zero-order valence-corrected chi connectivity index (χ0v) is 16.5. The SMILES string of the molecule is CCC(c1ccc(C(=O)O)cc1)C1c2cccc(C)c2C(C)C(C)C1C. The number of aryl methyl sites for hydroxylation is 1. The molecule has 3 rings (SSSR count). The van der Waals surface area contributed by atoms with Crippen LogP contribution in [-0.4, -0.2) is 11.1 Å². The van der Waals surface area contributed by atoms with Crippen molar-refractivity contribution < 1.29 is 9.90 Å². The van der Waals surface area contributed by atoms with Crippen LogP contribution in [0.25, 0.3) is 0 Å². The van der Waals surface area contributed by atoms with Crippen molar-refractivity contribution in [1.29, 1.82) is 0 Å². The summed E-state index contributed by atoms with van der Waals surface area (Å²) in [6.07, 6.45) is 1.05. The van der Waals surface area contributed by atoms with Gasteiger partial charge in [-0.25, -0.2) is 4.79 Å². The zero-order chi connectivity index (χ0) is 19.0. The Bertz CT molecular complexity index is 790. The maximum Gasteiger partial charge on any atom is 0.335 e. The number of carboxylic acids is 1. The van der Waals surface area contributed by atoms with Gasteiger partial charge in [0.2, 0.25) is 0 Å². The van der Waals surface area contributed by atoms with Crippen LogP contribution in [0.15, 0.2) is 42.5 Å². The molecule has 2 nitrogen and oxygen atoms in total. The van der Waals surface area contributed by atoms with Crippen molar-refractivity contribution in [3.8, 4) is 0 Å². The molecule has 1 aliphatic rings. The van der Waals surface area contributed by atoms with E-state index in [1.807, 2.05) is 12.1 Å². The van der Waals surface area contributed by atoms with E-state index in [2.05, 4.69) is 52.8 Å². The normalized spacial score (nSPS) is 26.2. The smallest absolute Gasteiger partial charge is 0.335 e. The van der Waals surface area contributed by atoms with Gasteiger partial charge in [0, 0.05) is 0 Å². The van der Waals surface area contributed by atoms with Crippen molar-refractivity contribution in [1.82, 2.24) is 0 Å². The first-order chi connectivity index (χ1) is 12.4. The van der Waals surface area contributed by atoms with Crippen LogP contribution in [0.4, 0.5) is 0 Å². The third-order valence-electron chi connectivity index (χ3n) is 6.82. The summed E-state index contributed by atoms with van der Waals surface area (Å²) in [6.45, 7) is 11.6. The molecule has 0 spiro atoms.